The fourth-order valence-electron chi connectivity index (χ4n) is 2.86. The van der Waals surface area contributed by atoms with Gasteiger partial charge in [-0.25, -0.2) is 0 Å². The predicted octanol–water partition coefficient (Wildman–Crippen LogP) is 3.70. The van der Waals surface area contributed by atoms with Gasteiger partial charge in [0.2, 0.25) is 0 Å². The summed E-state index contributed by atoms with van der Waals surface area (Å²) in [7, 11) is 1.51. The molecule has 0 unspecified atom stereocenters. The average molecular weight is 309 g/mol. The molecule has 2 aromatic carbocycles. The van der Waals surface area contributed by atoms with Crippen molar-refractivity contribution in [2.45, 2.75) is 13.3 Å². The Bertz CT molecular complexity index is 780. The largest absolute Gasteiger partial charge is 0.504 e. The molecule has 4 heteroatoms. The molecule has 3 rings (SSSR count). The molecule has 0 atom stereocenters. The Kier molecular flexibility index (Phi) is 4.06. The number of aromatic hydroxyl groups is 1. The van der Waals surface area contributed by atoms with E-state index in [1.54, 1.807) is 12.1 Å². The Balaban J connectivity index is 2.05. The van der Waals surface area contributed by atoms with Crippen LogP contribution in [0.15, 0.2) is 42.5 Å². The fraction of sp³-hybridized carbons (Fsp3) is 0.211. The van der Waals surface area contributed by atoms with Gasteiger partial charge in [0, 0.05) is 17.7 Å². The Labute approximate surface area is 135 Å². The third kappa shape index (κ3) is 2.68. The van der Waals surface area contributed by atoms with Gasteiger partial charge in [0.1, 0.15) is 0 Å². The van der Waals surface area contributed by atoms with Crippen LogP contribution < -0.4 is 9.64 Å². The molecule has 23 heavy (non-hydrogen) atoms. The first-order chi connectivity index (χ1) is 11.2. The maximum Gasteiger partial charge on any atom is 0.258 e. The highest BCUT2D eigenvalue weighted by atomic mass is 16.5. The number of benzene rings is 2. The summed E-state index contributed by atoms with van der Waals surface area (Å²) in [6.45, 7) is 2.75. The first-order valence-electron chi connectivity index (χ1n) is 7.65. The van der Waals surface area contributed by atoms with Crippen LogP contribution in [0.5, 0.6) is 11.5 Å². The van der Waals surface area contributed by atoms with Crippen molar-refractivity contribution in [2.75, 3.05) is 18.6 Å². The Morgan fingerprint density at radius 2 is 2.00 bits per heavy atom. The van der Waals surface area contributed by atoms with Crippen LogP contribution in [-0.4, -0.2) is 24.7 Å². The molecule has 2 aromatic rings. The molecule has 1 N–H and O–H groups in total. The molecular weight excluding hydrogens is 290 g/mol. The van der Waals surface area contributed by atoms with E-state index in [-0.39, 0.29) is 11.7 Å². The van der Waals surface area contributed by atoms with E-state index in [0.29, 0.717) is 17.9 Å². The molecule has 1 heterocycles. The summed E-state index contributed by atoms with van der Waals surface area (Å²) in [6.07, 6.45) is 2.71. The van der Waals surface area contributed by atoms with E-state index in [9.17, 15) is 9.90 Å². The highest BCUT2D eigenvalue weighted by molar-refractivity contribution is 6.35. The third-order valence-corrected chi connectivity index (χ3v) is 3.92. The van der Waals surface area contributed by atoms with Gasteiger partial charge in [-0.2, -0.15) is 0 Å². The number of fused-ring (bicyclic) bond motifs is 1. The highest BCUT2D eigenvalue weighted by Gasteiger charge is 2.31. The van der Waals surface area contributed by atoms with Crippen molar-refractivity contribution in [2.24, 2.45) is 0 Å². The van der Waals surface area contributed by atoms with Gasteiger partial charge in [0.15, 0.2) is 11.5 Å². The summed E-state index contributed by atoms with van der Waals surface area (Å²) < 4.78 is 5.05. The minimum atomic E-state index is 0.00311. The summed E-state index contributed by atoms with van der Waals surface area (Å²) in [5, 5.41) is 9.91. The second kappa shape index (κ2) is 6.16. The van der Waals surface area contributed by atoms with Gasteiger partial charge in [0.25, 0.3) is 5.91 Å². The second-order valence-electron chi connectivity index (χ2n) is 5.46. The van der Waals surface area contributed by atoms with Gasteiger partial charge in [-0.15, -0.1) is 0 Å². The number of amides is 1. The molecule has 1 aliphatic rings. The van der Waals surface area contributed by atoms with E-state index in [2.05, 4.69) is 6.92 Å². The van der Waals surface area contributed by atoms with Gasteiger partial charge in [-0.1, -0.05) is 31.2 Å². The van der Waals surface area contributed by atoms with Crippen molar-refractivity contribution in [1.29, 1.82) is 0 Å². The number of carbonyl (C=O) groups excluding carboxylic acids is 1. The molecular formula is C19H19NO3. The normalized spacial score (nSPS) is 15.1. The second-order valence-corrected chi connectivity index (χ2v) is 5.46. The Hall–Kier alpha value is -2.75. The number of para-hydroxylation sites is 1. The van der Waals surface area contributed by atoms with Crippen LogP contribution >= 0.6 is 0 Å². The molecule has 0 radical (unpaired) electrons. The molecule has 118 valence electrons. The number of phenols is 1. The van der Waals surface area contributed by atoms with Crippen LogP contribution in [0.3, 0.4) is 0 Å². The topological polar surface area (TPSA) is 49.8 Å². The van der Waals surface area contributed by atoms with E-state index in [1.807, 2.05) is 41.3 Å². The number of hydrogen-bond acceptors (Lipinski definition) is 3. The van der Waals surface area contributed by atoms with E-state index >= 15 is 0 Å². The van der Waals surface area contributed by atoms with Gasteiger partial charge < -0.3 is 14.7 Å². The maximum atomic E-state index is 12.7. The number of phenolic OH excluding ortho intramolecular Hbond substituents is 1. The van der Waals surface area contributed by atoms with Gasteiger partial charge in [-0.05, 0) is 36.3 Å². The van der Waals surface area contributed by atoms with Crippen LogP contribution in [0.1, 0.15) is 24.5 Å². The number of rotatable bonds is 4. The molecule has 4 nitrogen and oxygen atoms in total. The van der Waals surface area contributed by atoms with Gasteiger partial charge in [0.05, 0.1) is 12.8 Å². The highest BCUT2D eigenvalue weighted by Crippen LogP contribution is 2.38. The summed E-state index contributed by atoms with van der Waals surface area (Å²) in [5.74, 6) is 0.479. The molecule has 1 aliphatic heterocycles. The van der Waals surface area contributed by atoms with Crippen molar-refractivity contribution >= 4 is 23.2 Å². The first kappa shape index (κ1) is 15.2. The first-order valence-corrected chi connectivity index (χ1v) is 7.65. The van der Waals surface area contributed by atoms with Crippen molar-refractivity contribution in [3.63, 3.8) is 0 Å². The molecule has 0 fully saturated rings. The zero-order chi connectivity index (χ0) is 16.4. The zero-order valence-corrected chi connectivity index (χ0v) is 13.2. The quantitative estimate of drug-likeness (QED) is 0.876. The molecule has 0 aromatic heterocycles. The van der Waals surface area contributed by atoms with Crippen LogP contribution in [-0.2, 0) is 4.79 Å². The van der Waals surface area contributed by atoms with Gasteiger partial charge in [-0.3, -0.25) is 4.79 Å². The third-order valence-electron chi connectivity index (χ3n) is 3.92. The number of ether oxygens (including phenoxy) is 1. The fourth-order valence-corrected chi connectivity index (χ4v) is 2.86. The van der Waals surface area contributed by atoms with E-state index < -0.39 is 0 Å². The Morgan fingerprint density at radius 3 is 2.70 bits per heavy atom. The van der Waals surface area contributed by atoms with Crippen LogP contribution in [0.2, 0.25) is 0 Å². The van der Waals surface area contributed by atoms with Crippen LogP contribution in [0.4, 0.5) is 5.69 Å². The van der Waals surface area contributed by atoms with Crippen molar-refractivity contribution in [3.8, 4) is 11.5 Å². The van der Waals surface area contributed by atoms with Gasteiger partial charge >= 0.3 is 0 Å². The van der Waals surface area contributed by atoms with E-state index in [1.165, 1.54) is 7.11 Å². The zero-order valence-electron chi connectivity index (χ0n) is 13.2. The molecule has 1 amide bonds. The van der Waals surface area contributed by atoms with Crippen LogP contribution in [0.25, 0.3) is 11.6 Å². The minimum absolute atomic E-state index is 0.00311. The van der Waals surface area contributed by atoms with Crippen molar-refractivity contribution in [3.05, 3.63) is 53.6 Å². The lowest BCUT2D eigenvalue weighted by Crippen LogP contribution is -2.26. The number of methoxy groups -OCH3 is 1. The smallest absolute Gasteiger partial charge is 0.258 e. The standard InChI is InChI=1S/C19H19NO3/c1-3-10-20-16-7-5-4-6-14(16)15(19(20)22)11-13-8-9-18(23-2)17(21)12-13/h4-9,11-12,21H,3,10H2,1-2H3/b15-11-. The average Bonchev–Trinajstić information content (AvgIpc) is 2.81. The lowest BCUT2D eigenvalue weighted by Gasteiger charge is -2.15. The summed E-state index contributed by atoms with van der Waals surface area (Å²) in [4.78, 5) is 14.5. The summed E-state index contributed by atoms with van der Waals surface area (Å²) in [5.41, 5.74) is 3.29. The lowest BCUT2D eigenvalue weighted by molar-refractivity contribution is -0.113. The number of carbonyl (C=O) groups is 1. The van der Waals surface area contributed by atoms with Crippen molar-refractivity contribution < 1.29 is 14.6 Å². The van der Waals surface area contributed by atoms with Crippen LogP contribution in [0, 0.1) is 0 Å². The predicted molar refractivity (Wildman–Crippen MR) is 91.6 cm³/mol. The number of hydrogen-bond donors (Lipinski definition) is 1. The SMILES string of the molecule is CCCN1C(=O)/C(=C\c2ccc(OC)c(O)c2)c2ccccc21. The molecule has 0 aliphatic carbocycles. The molecule has 0 saturated carbocycles. The number of nitrogens with zero attached hydrogens (tertiary/aromatic N) is 1. The van der Waals surface area contributed by atoms with E-state index in [0.717, 1.165) is 23.2 Å². The lowest BCUT2D eigenvalue weighted by atomic mass is 10.0. The molecule has 0 saturated heterocycles. The Morgan fingerprint density at radius 1 is 1.22 bits per heavy atom. The molecule has 0 spiro atoms. The summed E-state index contributed by atoms with van der Waals surface area (Å²) >= 11 is 0. The monoisotopic (exact) mass is 309 g/mol. The molecule has 0 bridgehead atoms. The minimum Gasteiger partial charge on any atom is -0.504 e. The van der Waals surface area contributed by atoms with Crippen molar-refractivity contribution in [1.82, 2.24) is 0 Å². The number of anilines is 1. The maximum absolute atomic E-state index is 12.7. The van der Waals surface area contributed by atoms with E-state index in [4.69, 9.17) is 4.74 Å². The summed E-state index contributed by atoms with van der Waals surface area (Å²) in [6, 6.07) is 12.9.